The Morgan fingerprint density at radius 1 is 1.29 bits per heavy atom. The molecule has 0 aliphatic heterocycles. The van der Waals surface area contributed by atoms with Gasteiger partial charge in [-0.1, -0.05) is 6.92 Å². The summed E-state index contributed by atoms with van der Waals surface area (Å²) in [5.41, 5.74) is 1.27. The molecule has 1 aromatic rings. The Bertz CT molecular complexity index is 178. The van der Waals surface area contributed by atoms with E-state index in [4.69, 9.17) is 4.74 Å². The third-order valence-corrected chi connectivity index (χ3v) is 1.27. The summed E-state index contributed by atoms with van der Waals surface area (Å²) in [5, 5.41) is 0. The zero-order valence-electron chi connectivity index (χ0n) is 9.22. The van der Waals surface area contributed by atoms with Crippen molar-refractivity contribution in [3.63, 3.8) is 0 Å². The fourth-order valence-electron chi connectivity index (χ4n) is 0.687. The molecule has 0 atom stereocenters. The minimum absolute atomic E-state index is 0. The van der Waals surface area contributed by atoms with Crippen molar-refractivity contribution in [1.29, 1.82) is 0 Å². The van der Waals surface area contributed by atoms with Crippen LogP contribution in [-0.4, -0.2) is 36.3 Å². The van der Waals surface area contributed by atoms with Crippen LogP contribution < -0.4 is 17.0 Å². The number of halogens is 1. The van der Waals surface area contributed by atoms with Gasteiger partial charge in [-0.25, -0.2) is 0 Å². The molecule has 1 rings (SSSR count). The second-order valence-electron chi connectivity index (χ2n) is 2.36. The van der Waals surface area contributed by atoms with E-state index in [0.29, 0.717) is 0 Å². The maximum absolute atomic E-state index is 4.83. The van der Waals surface area contributed by atoms with Crippen molar-refractivity contribution in [1.82, 2.24) is 0 Å². The molecule has 1 nitrogen and oxygen atoms in total. The summed E-state index contributed by atoms with van der Waals surface area (Å²) in [6.45, 7) is 7.72. The zero-order chi connectivity index (χ0) is 9.23. The van der Waals surface area contributed by atoms with Crippen molar-refractivity contribution in [2.24, 2.45) is 0 Å². The monoisotopic (exact) mass is 268 g/mol. The van der Waals surface area contributed by atoms with Gasteiger partial charge in [-0.05, 0) is 13.8 Å². The average molecular weight is 269 g/mol. The van der Waals surface area contributed by atoms with E-state index >= 15 is 0 Å². The molecule has 1 aromatic carbocycles. The Labute approximate surface area is 114 Å². The van der Waals surface area contributed by atoms with E-state index in [1.54, 1.807) is 0 Å². The first-order valence-corrected chi connectivity index (χ1v) is 4.31. The van der Waals surface area contributed by atoms with Crippen LogP contribution in [0.15, 0.2) is 24.3 Å². The molecule has 0 heterocycles. The van der Waals surface area contributed by atoms with E-state index in [9.17, 15) is 0 Å². The Balaban J connectivity index is -0.000000159. The number of benzene rings is 1. The van der Waals surface area contributed by atoms with Gasteiger partial charge in [0, 0.05) is 13.2 Å². The molecule has 0 aromatic heterocycles. The maximum Gasteiger partial charge on any atom is 2.00 e. The molecule has 0 spiro atoms. The van der Waals surface area contributed by atoms with Crippen LogP contribution in [0.2, 0.25) is 0 Å². The zero-order valence-corrected chi connectivity index (χ0v) is 12.2. The Morgan fingerprint density at radius 3 is 2.00 bits per heavy atom. The van der Waals surface area contributed by atoms with E-state index < -0.39 is 0 Å². The molecule has 0 unspecified atom stereocenters. The molecule has 0 amide bonds. The summed E-state index contributed by atoms with van der Waals surface area (Å²) in [4.78, 5) is 0. The maximum atomic E-state index is 4.83. The fourth-order valence-corrected chi connectivity index (χ4v) is 0.687. The second-order valence-corrected chi connectivity index (χ2v) is 2.36. The molecule has 0 aliphatic rings. The topological polar surface area (TPSA) is 9.23 Å². The molecule has 0 aliphatic carbocycles. The van der Waals surface area contributed by atoms with E-state index in [1.807, 2.05) is 32.0 Å². The first-order valence-electron chi connectivity index (χ1n) is 4.31. The summed E-state index contributed by atoms with van der Waals surface area (Å²) < 4.78 is 4.83. The van der Waals surface area contributed by atoms with Crippen molar-refractivity contribution < 1.29 is 21.7 Å². The van der Waals surface area contributed by atoms with Crippen molar-refractivity contribution in [2.75, 3.05) is 13.2 Å². The molecule has 0 saturated heterocycles. The number of hydrogen-bond acceptors (Lipinski definition) is 1. The molecule has 0 N–H and O–H groups in total. The Morgan fingerprint density at radius 2 is 1.86 bits per heavy atom. The second kappa shape index (κ2) is 15.9. The quantitative estimate of drug-likeness (QED) is 0.518. The molecule has 0 bridgehead atoms. The first kappa shape index (κ1) is 19.9. The van der Waals surface area contributed by atoms with Crippen LogP contribution in [0, 0.1) is 13.0 Å². The van der Waals surface area contributed by atoms with Gasteiger partial charge in [-0.2, -0.15) is 35.9 Å². The first-order chi connectivity index (χ1) is 5.81. The van der Waals surface area contributed by atoms with Gasteiger partial charge in [0.15, 0.2) is 0 Å². The minimum Gasteiger partial charge on any atom is -1.00 e. The molecule has 0 fully saturated rings. The number of ether oxygens (including phenoxy) is 1. The third-order valence-electron chi connectivity index (χ3n) is 1.27. The van der Waals surface area contributed by atoms with Crippen LogP contribution in [0.3, 0.4) is 0 Å². The van der Waals surface area contributed by atoms with Crippen LogP contribution in [0.5, 0.6) is 0 Å². The van der Waals surface area contributed by atoms with Gasteiger partial charge in [0.25, 0.3) is 0 Å². The van der Waals surface area contributed by atoms with Crippen LogP contribution in [-0.2, 0) is 4.74 Å². The third kappa shape index (κ3) is 14.9. The van der Waals surface area contributed by atoms with E-state index in [-0.39, 0.29) is 40.0 Å². The van der Waals surface area contributed by atoms with E-state index in [1.165, 1.54) is 5.56 Å². The molecular weight excluding hydrogens is 252 g/mol. The molecule has 0 saturated carbocycles. The molecule has 14 heavy (non-hydrogen) atoms. The average Bonchev–Trinajstić information content (AvgIpc) is 2.08. The Hall–Kier alpha value is 0.426. The molecule has 0 radical (unpaired) electrons. The normalized spacial score (nSPS) is 7.36. The van der Waals surface area contributed by atoms with E-state index in [2.05, 4.69) is 19.1 Å². The number of rotatable bonds is 2. The predicted octanol–water partition coefficient (Wildman–Crippen LogP) is -0.539. The standard InChI is InChI=1S/C7H7.C4H10O.BrH.Mg/c1-7-5-3-2-4-6-7;1-3-5-4-2;;/h2-3,5-6H,1H3;3-4H2,1-2H3;1H;/q-1;;;+2/p-1. The van der Waals surface area contributed by atoms with Gasteiger partial charge < -0.3 is 21.7 Å². The summed E-state index contributed by atoms with van der Waals surface area (Å²) in [5.74, 6) is 0. The summed E-state index contributed by atoms with van der Waals surface area (Å²) in [7, 11) is 0. The van der Waals surface area contributed by atoms with Crippen LogP contribution in [0.1, 0.15) is 19.4 Å². The number of hydrogen-bond donors (Lipinski definition) is 0. The van der Waals surface area contributed by atoms with Crippen LogP contribution >= 0.6 is 0 Å². The van der Waals surface area contributed by atoms with Crippen LogP contribution in [0.25, 0.3) is 0 Å². The molecular formula is C11H17BrMgO. The SMILES string of the molecule is CCOCC.Cc1c[c-]ccc1.[Br-].[Mg+2]. The van der Waals surface area contributed by atoms with Crippen molar-refractivity contribution in [2.45, 2.75) is 20.8 Å². The predicted molar refractivity (Wildman–Crippen MR) is 57.9 cm³/mol. The summed E-state index contributed by atoms with van der Waals surface area (Å²) in [6.07, 6.45) is 0. The van der Waals surface area contributed by atoms with Crippen molar-refractivity contribution in [3.8, 4) is 0 Å². The van der Waals surface area contributed by atoms with Gasteiger partial charge in [0.2, 0.25) is 0 Å². The van der Waals surface area contributed by atoms with Crippen LogP contribution in [0.4, 0.5) is 0 Å². The van der Waals surface area contributed by atoms with Gasteiger partial charge in [0.1, 0.15) is 0 Å². The Kier molecular flexibility index (Phi) is 22.6. The summed E-state index contributed by atoms with van der Waals surface area (Å²) >= 11 is 0. The summed E-state index contributed by atoms with van der Waals surface area (Å²) in [6, 6.07) is 10.8. The minimum atomic E-state index is 0. The number of aryl methyl sites for hydroxylation is 1. The largest absolute Gasteiger partial charge is 2.00 e. The van der Waals surface area contributed by atoms with Crippen molar-refractivity contribution >= 4 is 23.1 Å². The molecule has 3 heteroatoms. The van der Waals surface area contributed by atoms with E-state index in [0.717, 1.165) is 13.2 Å². The van der Waals surface area contributed by atoms with Crippen molar-refractivity contribution in [3.05, 3.63) is 35.9 Å². The van der Waals surface area contributed by atoms with Gasteiger partial charge in [-0.3, -0.25) is 0 Å². The molecule has 76 valence electrons. The fraction of sp³-hybridized carbons (Fsp3) is 0.455. The van der Waals surface area contributed by atoms with Gasteiger partial charge >= 0.3 is 23.1 Å². The smallest absolute Gasteiger partial charge is 1.00 e. The van der Waals surface area contributed by atoms with Gasteiger partial charge in [0.05, 0.1) is 0 Å². The van der Waals surface area contributed by atoms with Gasteiger partial charge in [-0.15, -0.1) is 0 Å².